The van der Waals surface area contributed by atoms with Crippen LogP contribution in [0.2, 0.25) is 0 Å². The quantitative estimate of drug-likeness (QED) is 0.553. The van der Waals surface area contributed by atoms with E-state index in [2.05, 4.69) is 48.5 Å². The van der Waals surface area contributed by atoms with Gasteiger partial charge >= 0.3 is 0 Å². The molecule has 0 radical (unpaired) electrons. The summed E-state index contributed by atoms with van der Waals surface area (Å²) in [5.74, 6) is -0.0499. The molecule has 0 bridgehead atoms. The first-order valence-corrected chi connectivity index (χ1v) is 8.51. The predicted octanol–water partition coefficient (Wildman–Crippen LogP) is 4.23. The minimum absolute atomic E-state index is 0.126. The second-order valence-electron chi connectivity index (χ2n) is 5.23. The van der Waals surface area contributed by atoms with Crippen molar-refractivity contribution in [1.82, 2.24) is 5.43 Å². The van der Waals surface area contributed by atoms with E-state index in [1.165, 1.54) is 11.8 Å². The van der Waals surface area contributed by atoms with Crippen molar-refractivity contribution in [1.29, 1.82) is 0 Å². The van der Waals surface area contributed by atoms with Gasteiger partial charge in [0.2, 0.25) is 5.91 Å². The number of benzene rings is 2. The molecule has 120 valence electrons. The maximum Gasteiger partial charge on any atom is 0.244 e. The average Bonchev–Trinajstić information content (AvgIpc) is 2.47. The van der Waals surface area contributed by atoms with Crippen LogP contribution in [0, 0.1) is 13.8 Å². The molecule has 2 rings (SSSR count). The van der Waals surface area contributed by atoms with E-state index < -0.39 is 0 Å². The Hall–Kier alpha value is -1.66. The molecule has 6 heteroatoms. The van der Waals surface area contributed by atoms with E-state index in [9.17, 15) is 9.90 Å². The topological polar surface area (TPSA) is 61.7 Å². The molecule has 0 aliphatic carbocycles. The van der Waals surface area contributed by atoms with Crippen molar-refractivity contribution in [3.05, 3.63) is 61.5 Å². The normalized spacial score (nSPS) is 11.0. The van der Waals surface area contributed by atoms with Gasteiger partial charge in [-0.15, -0.1) is 0 Å². The fourth-order valence-electron chi connectivity index (χ4n) is 2.10. The third-order valence-electron chi connectivity index (χ3n) is 3.29. The molecular formula is C17H16Br2N2O2. The van der Waals surface area contributed by atoms with Crippen molar-refractivity contribution in [3.63, 3.8) is 0 Å². The molecule has 0 atom stereocenters. The van der Waals surface area contributed by atoms with Gasteiger partial charge in [-0.3, -0.25) is 4.79 Å². The largest absolute Gasteiger partial charge is 0.506 e. The first-order chi connectivity index (χ1) is 10.9. The molecule has 0 aromatic heterocycles. The number of carbonyl (C=O) groups is 1. The van der Waals surface area contributed by atoms with Crippen LogP contribution in [0.5, 0.6) is 5.75 Å². The monoisotopic (exact) mass is 438 g/mol. The Bertz CT molecular complexity index is 750. The van der Waals surface area contributed by atoms with Gasteiger partial charge in [0.1, 0.15) is 5.75 Å². The molecule has 2 aromatic rings. The van der Waals surface area contributed by atoms with Crippen molar-refractivity contribution < 1.29 is 9.90 Å². The summed E-state index contributed by atoms with van der Waals surface area (Å²) in [4.78, 5) is 11.9. The fraction of sp³-hybridized carbons (Fsp3) is 0.176. The summed E-state index contributed by atoms with van der Waals surface area (Å²) >= 11 is 6.49. The molecule has 0 aliphatic rings. The third-order valence-corrected chi connectivity index (χ3v) is 4.50. The maximum absolute atomic E-state index is 11.9. The van der Waals surface area contributed by atoms with Gasteiger partial charge in [-0.25, -0.2) is 5.43 Å². The number of rotatable bonds is 4. The first-order valence-electron chi connectivity index (χ1n) is 6.93. The summed E-state index contributed by atoms with van der Waals surface area (Å²) in [6.45, 7) is 4.01. The van der Waals surface area contributed by atoms with Crippen LogP contribution < -0.4 is 5.43 Å². The number of hydrogen-bond donors (Lipinski definition) is 2. The van der Waals surface area contributed by atoms with Crippen LogP contribution in [0.3, 0.4) is 0 Å². The number of amides is 1. The molecule has 0 heterocycles. The number of carbonyl (C=O) groups excluding carboxylic acids is 1. The Morgan fingerprint density at radius 3 is 2.48 bits per heavy atom. The predicted molar refractivity (Wildman–Crippen MR) is 98.9 cm³/mol. The highest BCUT2D eigenvalue weighted by atomic mass is 79.9. The van der Waals surface area contributed by atoms with Gasteiger partial charge in [-0.05, 0) is 74.5 Å². The molecule has 0 spiro atoms. The summed E-state index contributed by atoms with van der Waals surface area (Å²) in [6, 6.07) is 9.42. The second kappa shape index (κ2) is 7.75. The zero-order valence-electron chi connectivity index (χ0n) is 12.7. The third kappa shape index (κ3) is 4.91. The zero-order chi connectivity index (χ0) is 17.0. The standard InChI is InChI=1S/C17H16Br2N2O2/c1-10-3-4-13(11(2)5-10)8-16(22)21-20-9-12-6-14(18)17(23)15(19)7-12/h3-7,9,23H,8H2,1-2H3,(H,21,22)/b20-9+. The Morgan fingerprint density at radius 2 is 1.87 bits per heavy atom. The number of aromatic hydroxyl groups is 1. The average molecular weight is 440 g/mol. The van der Waals surface area contributed by atoms with Crippen LogP contribution in [-0.2, 0) is 11.2 Å². The Morgan fingerprint density at radius 1 is 1.22 bits per heavy atom. The molecule has 0 saturated heterocycles. The van der Waals surface area contributed by atoms with E-state index in [1.807, 2.05) is 26.0 Å². The van der Waals surface area contributed by atoms with Crippen molar-refractivity contribution in [3.8, 4) is 5.75 Å². The number of phenolic OH excluding ortho intramolecular Hbond substituents is 1. The summed E-state index contributed by atoms with van der Waals surface area (Å²) in [5, 5.41) is 13.6. The zero-order valence-corrected chi connectivity index (χ0v) is 15.9. The summed E-state index contributed by atoms with van der Waals surface area (Å²) in [5.41, 5.74) is 6.51. The number of aryl methyl sites for hydroxylation is 2. The molecule has 0 fully saturated rings. The lowest BCUT2D eigenvalue weighted by molar-refractivity contribution is -0.120. The Labute approximate surface area is 151 Å². The van der Waals surface area contributed by atoms with Crippen LogP contribution >= 0.6 is 31.9 Å². The molecule has 1 amide bonds. The fourth-order valence-corrected chi connectivity index (χ4v) is 3.32. The second-order valence-corrected chi connectivity index (χ2v) is 6.94. The van der Waals surface area contributed by atoms with Crippen molar-refractivity contribution in [2.45, 2.75) is 20.3 Å². The number of hydrazone groups is 1. The Balaban J connectivity index is 1.99. The molecular weight excluding hydrogens is 424 g/mol. The van der Waals surface area contributed by atoms with Crippen molar-refractivity contribution in [2.24, 2.45) is 5.10 Å². The minimum atomic E-state index is -0.176. The van der Waals surface area contributed by atoms with Crippen molar-refractivity contribution in [2.75, 3.05) is 0 Å². The van der Waals surface area contributed by atoms with Gasteiger partial charge in [0, 0.05) is 0 Å². The lowest BCUT2D eigenvalue weighted by Gasteiger charge is -2.06. The summed E-state index contributed by atoms with van der Waals surface area (Å²) < 4.78 is 1.10. The minimum Gasteiger partial charge on any atom is -0.506 e. The Kier molecular flexibility index (Phi) is 5.96. The van der Waals surface area contributed by atoms with Gasteiger partial charge < -0.3 is 5.11 Å². The van der Waals surface area contributed by atoms with E-state index >= 15 is 0 Å². The highest BCUT2D eigenvalue weighted by molar-refractivity contribution is 9.11. The molecule has 4 nitrogen and oxygen atoms in total. The van der Waals surface area contributed by atoms with Crippen LogP contribution in [0.15, 0.2) is 44.4 Å². The highest BCUT2D eigenvalue weighted by Gasteiger charge is 2.06. The van der Waals surface area contributed by atoms with E-state index in [4.69, 9.17) is 0 Å². The van der Waals surface area contributed by atoms with E-state index in [0.29, 0.717) is 8.95 Å². The molecule has 2 aromatic carbocycles. The van der Waals surface area contributed by atoms with Crippen LogP contribution in [-0.4, -0.2) is 17.2 Å². The van der Waals surface area contributed by atoms with Crippen molar-refractivity contribution >= 4 is 44.0 Å². The highest BCUT2D eigenvalue weighted by Crippen LogP contribution is 2.32. The number of halogens is 2. The summed E-state index contributed by atoms with van der Waals surface area (Å²) in [6.07, 6.45) is 1.81. The maximum atomic E-state index is 11.9. The summed E-state index contributed by atoms with van der Waals surface area (Å²) in [7, 11) is 0. The SMILES string of the molecule is Cc1ccc(CC(=O)N/N=C/c2cc(Br)c(O)c(Br)c2)c(C)c1. The van der Waals surface area contributed by atoms with Gasteiger partial charge in [0.05, 0.1) is 21.6 Å². The van der Waals surface area contributed by atoms with Gasteiger partial charge in [-0.2, -0.15) is 5.10 Å². The van der Waals surface area contributed by atoms with E-state index in [-0.39, 0.29) is 18.1 Å². The van der Waals surface area contributed by atoms with E-state index in [0.717, 1.165) is 16.7 Å². The number of phenols is 1. The van der Waals surface area contributed by atoms with Crippen LogP contribution in [0.1, 0.15) is 22.3 Å². The molecule has 0 aliphatic heterocycles. The molecule has 23 heavy (non-hydrogen) atoms. The lowest BCUT2D eigenvalue weighted by atomic mass is 10.0. The van der Waals surface area contributed by atoms with E-state index in [1.54, 1.807) is 12.1 Å². The van der Waals surface area contributed by atoms with Gasteiger partial charge in [-0.1, -0.05) is 23.8 Å². The molecule has 2 N–H and O–H groups in total. The molecule has 0 saturated carbocycles. The smallest absolute Gasteiger partial charge is 0.244 e. The number of nitrogens with one attached hydrogen (secondary N) is 1. The molecule has 0 unspecified atom stereocenters. The number of nitrogens with zero attached hydrogens (tertiary/aromatic N) is 1. The first kappa shape index (κ1) is 17.7. The van der Waals surface area contributed by atoms with Gasteiger partial charge in [0.15, 0.2) is 0 Å². The van der Waals surface area contributed by atoms with Crippen LogP contribution in [0.4, 0.5) is 0 Å². The lowest BCUT2D eigenvalue weighted by Crippen LogP contribution is -2.20. The number of hydrogen-bond acceptors (Lipinski definition) is 3. The van der Waals surface area contributed by atoms with Gasteiger partial charge in [0.25, 0.3) is 0 Å². The van der Waals surface area contributed by atoms with Crippen LogP contribution in [0.25, 0.3) is 0 Å².